The van der Waals surface area contributed by atoms with Gasteiger partial charge in [0.1, 0.15) is 0 Å². The largest absolute Gasteiger partial charge is 0.355 e. The van der Waals surface area contributed by atoms with Crippen molar-refractivity contribution < 1.29 is 4.79 Å². The van der Waals surface area contributed by atoms with E-state index in [9.17, 15) is 4.79 Å². The van der Waals surface area contributed by atoms with Crippen LogP contribution >= 0.6 is 0 Å². The molecule has 0 aliphatic heterocycles. The van der Waals surface area contributed by atoms with E-state index in [2.05, 4.69) is 31.4 Å². The van der Waals surface area contributed by atoms with Crippen molar-refractivity contribution in [2.75, 3.05) is 13.1 Å². The van der Waals surface area contributed by atoms with Gasteiger partial charge in [0.05, 0.1) is 6.54 Å². The summed E-state index contributed by atoms with van der Waals surface area (Å²) in [5, 5.41) is 6.32. The highest BCUT2D eigenvalue weighted by molar-refractivity contribution is 5.78. The lowest BCUT2D eigenvalue weighted by Gasteiger charge is -2.42. The molecule has 0 radical (unpaired) electrons. The molecular formula is C12H24N2O. The molecular weight excluding hydrogens is 188 g/mol. The fraction of sp³-hybridized carbons (Fsp3) is 0.917. The van der Waals surface area contributed by atoms with Crippen LogP contribution in [-0.2, 0) is 4.79 Å². The molecule has 1 rings (SSSR count). The Morgan fingerprint density at radius 1 is 1.40 bits per heavy atom. The quantitative estimate of drug-likeness (QED) is 0.703. The Morgan fingerprint density at radius 2 is 2.07 bits per heavy atom. The topological polar surface area (TPSA) is 41.1 Å². The predicted octanol–water partition coefficient (Wildman–Crippen LogP) is 1.68. The number of hydrogen-bond acceptors (Lipinski definition) is 2. The highest BCUT2D eigenvalue weighted by Gasteiger charge is 2.34. The average Bonchev–Trinajstić information content (AvgIpc) is 2.14. The van der Waals surface area contributed by atoms with Gasteiger partial charge in [-0.05, 0) is 31.6 Å². The fourth-order valence-corrected chi connectivity index (χ4v) is 1.91. The summed E-state index contributed by atoms with van der Waals surface area (Å²) in [7, 11) is 0. The molecule has 0 atom stereocenters. The number of hydrogen-bond donors (Lipinski definition) is 2. The summed E-state index contributed by atoms with van der Waals surface area (Å²) < 4.78 is 0. The molecule has 3 nitrogen and oxygen atoms in total. The van der Waals surface area contributed by atoms with Crippen molar-refractivity contribution in [3.05, 3.63) is 0 Å². The first-order valence-electron chi connectivity index (χ1n) is 6.10. The van der Waals surface area contributed by atoms with Crippen LogP contribution in [0.2, 0.25) is 0 Å². The van der Waals surface area contributed by atoms with Crippen molar-refractivity contribution in [1.82, 2.24) is 10.6 Å². The Bertz CT molecular complexity index is 204. The van der Waals surface area contributed by atoms with E-state index in [0.29, 0.717) is 12.5 Å². The summed E-state index contributed by atoms with van der Waals surface area (Å²) in [4.78, 5) is 11.5. The molecule has 0 saturated heterocycles. The molecule has 88 valence electrons. The summed E-state index contributed by atoms with van der Waals surface area (Å²) in [6, 6.07) is 0. The van der Waals surface area contributed by atoms with E-state index in [4.69, 9.17) is 0 Å². The Morgan fingerprint density at radius 3 is 2.47 bits per heavy atom. The van der Waals surface area contributed by atoms with Crippen LogP contribution in [0.3, 0.4) is 0 Å². The maximum Gasteiger partial charge on any atom is 0.233 e. The highest BCUT2D eigenvalue weighted by Crippen LogP contribution is 2.34. The smallest absolute Gasteiger partial charge is 0.233 e. The average molecular weight is 212 g/mol. The van der Waals surface area contributed by atoms with E-state index in [1.807, 2.05) is 0 Å². The molecule has 0 heterocycles. The molecule has 0 aromatic heterocycles. The summed E-state index contributed by atoms with van der Waals surface area (Å²) in [6.07, 6.45) is 4.88. The van der Waals surface area contributed by atoms with Gasteiger partial charge in [-0.15, -0.1) is 0 Å². The summed E-state index contributed by atoms with van der Waals surface area (Å²) in [5.74, 6) is 0.654. The molecule has 3 heteroatoms. The monoisotopic (exact) mass is 212 g/mol. The van der Waals surface area contributed by atoms with Crippen LogP contribution in [0.5, 0.6) is 0 Å². The van der Waals surface area contributed by atoms with Crippen LogP contribution in [0.25, 0.3) is 0 Å². The second kappa shape index (κ2) is 5.50. The Hall–Kier alpha value is -0.570. The Kier molecular flexibility index (Phi) is 4.58. The van der Waals surface area contributed by atoms with Gasteiger partial charge >= 0.3 is 0 Å². The molecule has 1 fully saturated rings. The number of rotatable bonds is 6. The van der Waals surface area contributed by atoms with E-state index in [1.165, 1.54) is 19.3 Å². The zero-order valence-corrected chi connectivity index (χ0v) is 10.2. The van der Waals surface area contributed by atoms with Crippen molar-refractivity contribution in [1.29, 1.82) is 0 Å². The first-order valence-corrected chi connectivity index (χ1v) is 6.10. The zero-order valence-electron chi connectivity index (χ0n) is 10.2. The van der Waals surface area contributed by atoms with Crippen LogP contribution < -0.4 is 10.6 Å². The summed E-state index contributed by atoms with van der Waals surface area (Å²) in [5.41, 5.74) is 0.273. The van der Waals surface area contributed by atoms with Crippen LogP contribution in [0.1, 0.15) is 46.5 Å². The molecule has 0 unspecified atom stereocenters. The molecule has 15 heavy (non-hydrogen) atoms. The normalized spacial score (nSPS) is 18.7. The highest BCUT2D eigenvalue weighted by atomic mass is 16.1. The minimum Gasteiger partial charge on any atom is -0.355 e. The lowest BCUT2D eigenvalue weighted by Crippen LogP contribution is -2.53. The molecule has 1 aliphatic rings. The van der Waals surface area contributed by atoms with Gasteiger partial charge < -0.3 is 10.6 Å². The van der Waals surface area contributed by atoms with Crippen LogP contribution in [0.15, 0.2) is 0 Å². The number of amides is 1. The third-order valence-electron chi connectivity index (χ3n) is 3.32. The van der Waals surface area contributed by atoms with Gasteiger partial charge in [0, 0.05) is 12.1 Å². The van der Waals surface area contributed by atoms with E-state index >= 15 is 0 Å². The molecule has 0 aromatic carbocycles. The van der Waals surface area contributed by atoms with Crippen molar-refractivity contribution in [3.8, 4) is 0 Å². The lowest BCUT2D eigenvalue weighted by molar-refractivity contribution is -0.121. The first kappa shape index (κ1) is 12.5. The van der Waals surface area contributed by atoms with E-state index in [1.54, 1.807) is 0 Å². The van der Waals surface area contributed by atoms with Crippen LogP contribution in [0, 0.1) is 5.92 Å². The van der Waals surface area contributed by atoms with E-state index < -0.39 is 0 Å². The van der Waals surface area contributed by atoms with Crippen molar-refractivity contribution in [2.45, 2.75) is 52.0 Å². The molecule has 1 amide bonds. The van der Waals surface area contributed by atoms with Crippen LogP contribution in [-0.4, -0.2) is 24.5 Å². The van der Waals surface area contributed by atoms with Gasteiger partial charge in [-0.1, -0.05) is 20.8 Å². The molecule has 1 saturated carbocycles. The van der Waals surface area contributed by atoms with Gasteiger partial charge in [0.25, 0.3) is 0 Å². The number of carbonyl (C=O) groups excluding carboxylic acids is 1. The van der Waals surface area contributed by atoms with Gasteiger partial charge in [-0.2, -0.15) is 0 Å². The fourth-order valence-electron chi connectivity index (χ4n) is 1.91. The second-order valence-electron chi connectivity index (χ2n) is 5.04. The standard InChI is InChI=1S/C12H24N2O/c1-4-12(6-5-7-12)14-9-11(15)13-8-10(2)3/h10,14H,4-9H2,1-3H3,(H,13,15). The van der Waals surface area contributed by atoms with Gasteiger partial charge in [0.15, 0.2) is 0 Å². The molecule has 2 N–H and O–H groups in total. The summed E-state index contributed by atoms with van der Waals surface area (Å²) in [6.45, 7) is 7.65. The maximum absolute atomic E-state index is 11.5. The summed E-state index contributed by atoms with van der Waals surface area (Å²) >= 11 is 0. The minimum atomic E-state index is 0.128. The minimum absolute atomic E-state index is 0.128. The van der Waals surface area contributed by atoms with Crippen molar-refractivity contribution in [3.63, 3.8) is 0 Å². The second-order valence-corrected chi connectivity index (χ2v) is 5.04. The Labute approximate surface area is 93.0 Å². The van der Waals surface area contributed by atoms with Crippen molar-refractivity contribution in [2.24, 2.45) is 5.92 Å². The lowest BCUT2D eigenvalue weighted by atomic mass is 9.75. The zero-order chi connectivity index (χ0) is 11.3. The third kappa shape index (κ3) is 3.82. The van der Waals surface area contributed by atoms with E-state index in [-0.39, 0.29) is 11.4 Å². The van der Waals surface area contributed by atoms with Crippen LogP contribution in [0.4, 0.5) is 0 Å². The molecule has 0 aromatic rings. The SMILES string of the molecule is CCC1(NCC(=O)NCC(C)C)CCC1. The van der Waals surface area contributed by atoms with Crippen molar-refractivity contribution >= 4 is 5.91 Å². The number of nitrogens with one attached hydrogen (secondary N) is 2. The van der Waals surface area contributed by atoms with Gasteiger partial charge in [-0.3, -0.25) is 4.79 Å². The molecule has 0 bridgehead atoms. The van der Waals surface area contributed by atoms with E-state index in [0.717, 1.165) is 13.0 Å². The first-order chi connectivity index (χ1) is 7.08. The third-order valence-corrected chi connectivity index (χ3v) is 3.32. The van der Waals surface area contributed by atoms with Gasteiger partial charge in [-0.25, -0.2) is 0 Å². The molecule has 0 spiro atoms. The van der Waals surface area contributed by atoms with Gasteiger partial charge in [0.2, 0.25) is 5.91 Å². The molecule has 1 aliphatic carbocycles. The number of carbonyl (C=O) groups is 1. The predicted molar refractivity (Wildman–Crippen MR) is 62.7 cm³/mol. The Balaban J connectivity index is 2.16. The maximum atomic E-state index is 11.5.